The molecule has 5 nitrogen and oxygen atoms in total. The van der Waals surface area contributed by atoms with E-state index in [2.05, 4.69) is 15.9 Å². The zero-order valence-electron chi connectivity index (χ0n) is 7.89. The number of aliphatic hydroxyl groups excluding tert-OH is 1. The molecule has 0 radical (unpaired) electrons. The summed E-state index contributed by atoms with van der Waals surface area (Å²) >= 11 is 3.07. The molecule has 0 fully saturated rings. The van der Waals surface area contributed by atoms with E-state index in [-0.39, 0.29) is 5.69 Å². The summed E-state index contributed by atoms with van der Waals surface area (Å²) in [6.07, 6.45) is -0.361. The molecule has 0 saturated heterocycles. The van der Waals surface area contributed by atoms with E-state index < -0.39 is 11.0 Å². The first-order valence-electron chi connectivity index (χ1n) is 4.38. The number of nitro groups is 1. The van der Waals surface area contributed by atoms with Crippen LogP contribution in [0.2, 0.25) is 0 Å². The number of halogens is 1. The second kappa shape index (κ2) is 5.20. The zero-order chi connectivity index (χ0) is 11.4. The predicted octanol–water partition coefficient (Wildman–Crippen LogP) is 1.74. The Hall–Kier alpha value is -0.980. The van der Waals surface area contributed by atoms with Crippen molar-refractivity contribution < 1.29 is 10.0 Å². The maximum Gasteiger partial charge on any atom is 0.283 e. The molecule has 0 aliphatic carbocycles. The van der Waals surface area contributed by atoms with Crippen molar-refractivity contribution in [2.75, 3.05) is 6.54 Å². The van der Waals surface area contributed by atoms with Gasteiger partial charge in [0, 0.05) is 6.07 Å². The molecule has 1 aromatic rings. The lowest BCUT2D eigenvalue weighted by Gasteiger charge is -2.09. The summed E-state index contributed by atoms with van der Waals surface area (Å²) in [7, 11) is 0. The van der Waals surface area contributed by atoms with Crippen molar-refractivity contribution >= 4 is 21.6 Å². The van der Waals surface area contributed by atoms with Gasteiger partial charge in [-0.25, -0.2) is 0 Å². The molecule has 1 aromatic carbocycles. The average Bonchev–Trinajstić information content (AvgIpc) is 2.18. The van der Waals surface area contributed by atoms with Gasteiger partial charge in [-0.05, 0) is 40.5 Å². The third kappa shape index (κ3) is 2.98. The Labute approximate surface area is 95.2 Å². The van der Waals surface area contributed by atoms with Gasteiger partial charge in [0.05, 0.1) is 15.5 Å². The molecule has 0 spiro atoms. The minimum absolute atomic E-state index is 0.0522. The predicted molar refractivity (Wildman–Crippen MR) is 59.4 cm³/mol. The number of aliphatic hydroxyl groups is 1. The fourth-order valence-corrected chi connectivity index (χ4v) is 1.59. The van der Waals surface area contributed by atoms with Gasteiger partial charge in [0.25, 0.3) is 5.69 Å². The van der Waals surface area contributed by atoms with Gasteiger partial charge in [0.1, 0.15) is 0 Å². The van der Waals surface area contributed by atoms with Gasteiger partial charge in [-0.2, -0.15) is 0 Å². The van der Waals surface area contributed by atoms with Crippen molar-refractivity contribution in [3.63, 3.8) is 0 Å². The number of benzene rings is 1. The van der Waals surface area contributed by atoms with E-state index in [1.807, 2.05) is 0 Å². The fourth-order valence-electron chi connectivity index (χ4n) is 1.20. The van der Waals surface area contributed by atoms with Crippen LogP contribution < -0.4 is 5.73 Å². The van der Waals surface area contributed by atoms with Crippen LogP contribution in [0.3, 0.4) is 0 Å². The van der Waals surface area contributed by atoms with E-state index in [1.165, 1.54) is 6.07 Å². The van der Waals surface area contributed by atoms with Gasteiger partial charge in [-0.1, -0.05) is 6.07 Å². The topological polar surface area (TPSA) is 89.4 Å². The average molecular weight is 275 g/mol. The van der Waals surface area contributed by atoms with Crippen molar-refractivity contribution in [1.29, 1.82) is 0 Å². The van der Waals surface area contributed by atoms with Crippen molar-refractivity contribution in [3.8, 4) is 0 Å². The molecule has 0 heterocycles. The maximum absolute atomic E-state index is 10.6. The van der Waals surface area contributed by atoms with Gasteiger partial charge < -0.3 is 10.8 Å². The molecule has 1 rings (SSSR count). The summed E-state index contributed by atoms with van der Waals surface area (Å²) in [5.41, 5.74) is 5.75. The lowest BCUT2D eigenvalue weighted by molar-refractivity contribution is -0.385. The number of hydrogen-bond acceptors (Lipinski definition) is 4. The smallest absolute Gasteiger partial charge is 0.283 e. The van der Waals surface area contributed by atoms with E-state index in [0.717, 1.165) is 0 Å². The number of nitrogens with two attached hydrogens (primary N) is 1. The van der Waals surface area contributed by atoms with Crippen LogP contribution in [-0.4, -0.2) is 16.6 Å². The van der Waals surface area contributed by atoms with Gasteiger partial charge in [-0.15, -0.1) is 0 Å². The highest BCUT2D eigenvalue weighted by Gasteiger charge is 2.15. The number of nitrogens with zero attached hydrogens (tertiary/aromatic N) is 1. The molecule has 0 bridgehead atoms. The Bertz CT molecular complexity index is 370. The first kappa shape index (κ1) is 12.1. The molecule has 15 heavy (non-hydrogen) atoms. The molecular formula is C9H11BrN2O3. The Morgan fingerprint density at radius 3 is 2.80 bits per heavy atom. The summed E-state index contributed by atoms with van der Waals surface area (Å²) in [5, 5.41) is 20.2. The Kier molecular flexibility index (Phi) is 4.19. The first-order chi connectivity index (χ1) is 7.06. The summed E-state index contributed by atoms with van der Waals surface area (Å²) < 4.78 is 0.399. The number of hydrogen-bond donors (Lipinski definition) is 2. The van der Waals surface area contributed by atoms with Crippen LogP contribution in [0.4, 0.5) is 5.69 Å². The lowest BCUT2D eigenvalue weighted by Crippen LogP contribution is -2.07. The molecule has 3 N–H and O–H groups in total. The third-order valence-electron chi connectivity index (χ3n) is 1.99. The van der Waals surface area contributed by atoms with Crippen LogP contribution in [0.25, 0.3) is 0 Å². The molecule has 0 aliphatic heterocycles. The van der Waals surface area contributed by atoms with Crippen LogP contribution >= 0.6 is 15.9 Å². The molecule has 0 aromatic heterocycles. The third-order valence-corrected chi connectivity index (χ3v) is 2.66. The number of nitro benzene ring substituents is 1. The van der Waals surface area contributed by atoms with Crippen LogP contribution in [-0.2, 0) is 0 Å². The van der Waals surface area contributed by atoms with Gasteiger partial charge in [-0.3, -0.25) is 10.1 Å². The van der Waals surface area contributed by atoms with Crippen LogP contribution in [0, 0.1) is 10.1 Å². The first-order valence-corrected chi connectivity index (χ1v) is 5.17. The van der Waals surface area contributed by atoms with E-state index in [0.29, 0.717) is 23.0 Å². The molecule has 1 atom stereocenters. The highest BCUT2D eigenvalue weighted by molar-refractivity contribution is 9.10. The van der Waals surface area contributed by atoms with Gasteiger partial charge in [0.15, 0.2) is 0 Å². The second-order valence-corrected chi connectivity index (χ2v) is 3.92. The minimum atomic E-state index is -0.748. The Balaban J connectivity index is 3.02. The fraction of sp³-hybridized carbons (Fsp3) is 0.333. The molecule has 1 unspecified atom stereocenters. The number of rotatable bonds is 4. The highest BCUT2D eigenvalue weighted by Crippen LogP contribution is 2.28. The van der Waals surface area contributed by atoms with Crippen LogP contribution in [0.1, 0.15) is 18.1 Å². The summed E-state index contributed by atoms with van der Waals surface area (Å²) in [4.78, 5) is 10.1. The van der Waals surface area contributed by atoms with Gasteiger partial charge >= 0.3 is 0 Å². The molecule has 6 heteroatoms. The van der Waals surface area contributed by atoms with Crippen LogP contribution in [0.5, 0.6) is 0 Å². The normalized spacial score (nSPS) is 12.5. The maximum atomic E-state index is 10.6. The molecule has 0 amide bonds. The Morgan fingerprint density at radius 2 is 2.27 bits per heavy atom. The van der Waals surface area contributed by atoms with Crippen molar-refractivity contribution in [1.82, 2.24) is 0 Å². The summed E-state index contributed by atoms with van der Waals surface area (Å²) in [5.74, 6) is 0. The summed E-state index contributed by atoms with van der Waals surface area (Å²) in [6, 6.07) is 4.54. The monoisotopic (exact) mass is 274 g/mol. The van der Waals surface area contributed by atoms with Crippen molar-refractivity contribution in [3.05, 3.63) is 38.3 Å². The van der Waals surface area contributed by atoms with E-state index >= 15 is 0 Å². The van der Waals surface area contributed by atoms with E-state index in [9.17, 15) is 15.2 Å². The Morgan fingerprint density at radius 1 is 1.60 bits per heavy atom. The summed E-state index contributed by atoms with van der Waals surface area (Å²) in [6.45, 7) is 0.338. The van der Waals surface area contributed by atoms with Crippen molar-refractivity contribution in [2.24, 2.45) is 5.73 Å². The van der Waals surface area contributed by atoms with E-state index in [4.69, 9.17) is 5.73 Å². The van der Waals surface area contributed by atoms with Gasteiger partial charge in [0.2, 0.25) is 0 Å². The molecular weight excluding hydrogens is 264 g/mol. The molecule has 0 saturated carbocycles. The molecule has 0 aliphatic rings. The van der Waals surface area contributed by atoms with Crippen LogP contribution in [0.15, 0.2) is 22.7 Å². The minimum Gasteiger partial charge on any atom is -0.388 e. The standard InChI is InChI=1S/C9H11BrN2O3/c10-7-2-1-6(9(13)3-4-11)5-8(7)12(14)15/h1-2,5,9,13H,3-4,11H2. The lowest BCUT2D eigenvalue weighted by atomic mass is 10.1. The second-order valence-electron chi connectivity index (χ2n) is 3.06. The largest absolute Gasteiger partial charge is 0.388 e. The quantitative estimate of drug-likeness (QED) is 0.647. The molecule has 82 valence electrons. The highest BCUT2D eigenvalue weighted by atomic mass is 79.9. The van der Waals surface area contributed by atoms with E-state index in [1.54, 1.807) is 12.1 Å². The zero-order valence-corrected chi connectivity index (χ0v) is 9.48. The SMILES string of the molecule is NCCC(O)c1ccc(Br)c([N+](=O)[O-])c1. The van der Waals surface area contributed by atoms with Crippen molar-refractivity contribution in [2.45, 2.75) is 12.5 Å².